The summed E-state index contributed by atoms with van der Waals surface area (Å²) in [5.41, 5.74) is 1.96. The summed E-state index contributed by atoms with van der Waals surface area (Å²) < 4.78 is 13.2. The van der Waals surface area contributed by atoms with Gasteiger partial charge in [-0.15, -0.1) is 0 Å². The SMILES string of the molecule is CCOc1ccccc1C(=O)Oc1c(Sc2ccccc2)c(C)nn1-c1ccccc1. The molecule has 6 heteroatoms. The van der Waals surface area contributed by atoms with Crippen LogP contribution in [-0.4, -0.2) is 22.4 Å². The summed E-state index contributed by atoms with van der Waals surface area (Å²) in [4.78, 5) is 15.0. The number of hydrogen-bond acceptors (Lipinski definition) is 5. The maximum Gasteiger partial charge on any atom is 0.348 e. The number of benzene rings is 3. The van der Waals surface area contributed by atoms with E-state index in [1.165, 1.54) is 11.8 Å². The highest BCUT2D eigenvalue weighted by atomic mass is 32.2. The second kappa shape index (κ2) is 9.53. The van der Waals surface area contributed by atoms with Gasteiger partial charge >= 0.3 is 5.97 Å². The first-order chi connectivity index (χ1) is 15.2. The van der Waals surface area contributed by atoms with Gasteiger partial charge in [0.1, 0.15) is 11.3 Å². The molecule has 5 nitrogen and oxygen atoms in total. The molecule has 0 spiro atoms. The monoisotopic (exact) mass is 430 g/mol. The Morgan fingerprint density at radius 1 is 0.935 bits per heavy atom. The molecule has 3 aromatic carbocycles. The van der Waals surface area contributed by atoms with Crippen LogP contribution in [0.2, 0.25) is 0 Å². The number of hydrogen-bond donors (Lipinski definition) is 0. The van der Waals surface area contributed by atoms with Crippen LogP contribution in [0.4, 0.5) is 0 Å². The molecule has 156 valence electrons. The van der Waals surface area contributed by atoms with Crippen molar-refractivity contribution in [3.05, 3.63) is 96.2 Å². The number of ether oxygens (including phenoxy) is 2. The molecule has 1 heterocycles. The van der Waals surface area contributed by atoms with Gasteiger partial charge in [-0.05, 0) is 50.2 Å². The van der Waals surface area contributed by atoms with Gasteiger partial charge in [-0.2, -0.15) is 9.78 Å². The molecule has 0 radical (unpaired) electrons. The van der Waals surface area contributed by atoms with Crippen LogP contribution in [0.25, 0.3) is 5.69 Å². The van der Waals surface area contributed by atoms with E-state index in [2.05, 4.69) is 5.10 Å². The zero-order valence-corrected chi connectivity index (χ0v) is 18.1. The van der Waals surface area contributed by atoms with Crippen molar-refractivity contribution in [1.29, 1.82) is 0 Å². The molecule has 0 unspecified atom stereocenters. The van der Waals surface area contributed by atoms with Gasteiger partial charge in [-0.1, -0.05) is 60.3 Å². The second-order valence-electron chi connectivity index (χ2n) is 6.70. The average molecular weight is 431 g/mol. The van der Waals surface area contributed by atoms with Crippen molar-refractivity contribution in [1.82, 2.24) is 9.78 Å². The quantitative estimate of drug-likeness (QED) is 0.339. The molecule has 0 atom stereocenters. The van der Waals surface area contributed by atoms with Gasteiger partial charge < -0.3 is 9.47 Å². The fourth-order valence-corrected chi connectivity index (χ4v) is 4.04. The summed E-state index contributed by atoms with van der Waals surface area (Å²) in [6.45, 7) is 4.25. The Morgan fingerprint density at radius 3 is 2.29 bits per heavy atom. The van der Waals surface area contributed by atoms with Crippen molar-refractivity contribution in [2.24, 2.45) is 0 Å². The van der Waals surface area contributed by atoms with Gasteiger partial charge in [0.25, 0.3) is 0 Å². The third-order valence-electron chi connectivity index (χ3n) is 4.53. The van der Waals surface area contributed by atoms with E-state index in [4.69, 9.17) is 9.47 Å². The van der Waals surface area contributed by atoms with Gasteiger partial charge in [0.2, 0.25) is 5.88 Å². The fourth-order valence-electron chi connectivity index (χ4n) is 3.11. The molecule has 0 bridgehead atoms. The number of carbonyl (C=O) groups excluding carboxylic acids is 1. The predicted octanol–water partition coefficient (Wildman–Crippen LogP) is 5.95. The smallest absolute Gasteiger partial charge is 0.348 e. The standard InChI is InChI=1S/C25H22N2O3S/c1-3-29-22-17-11-10-16-21(22)25(28)30-24-23(31-20-14-8-5-9-15-20)18(2)26-27(24)19-12-6-4-7-13-19/h4-17H,3H2,1-2H3. The van der Waals surface area contributed by atoms with Crippen LogP contribution in [0.15, 0.2) is 94.7 Å². The first kappa shape index (κ1) is 20.8. The summed E-state index contributed by atoms with van der Waals surface area (Å²) in [5.74, 6) is 0.389. The molecule has 0 aliphatic rings. The van der Waals surface area contributed by atoms with Crippen LogP contribution >= 0.6 is 11.8 Å². The molecule has 31 heavy (non-hydrogen) atoms. The van der Waals surface area contributed by atoms with E-state index in [9.17, 15) is 4.79 Å². The Labute approximate surface area is 185 Å². The molecule has 0 saturated carbocycles. The van der Waals surface area contributed by atoms with Crippen molar-refractivity contribution >= 4 is 17.7 Å². The predicted molar refractivity (Wildman–Crippen MR) is 121 cm³/mol. The van der Waals surface area contributed by atoms with Crippen LogP contribution in [0, 0.1) is 6.92 Å². The lowest BCUT2D eigenvalue weighted by Gasteiger charge is -2.12. The molecule has 0 aliphatic carbocycles. The minimum Gasteiger partial charge on any atom is -0.493 e. The van der Waals surface area contributed by atoms with Gasteiger partial charge in [0.05, 0.1) is 22.9 Å². The molecule has 4 rings (SSSR count). The third-order valence-corrected chi connectivity index (χ3v) is 5.71. The lowest BCUT2D eigenvalue weighted by molar-refractivity contribution is 0.0714. The molecule has 0 saturated heterocycles. The summed E-state index contributed by atoms with van der Waals surface area (Å²) in [6, 6.07) is 26.7. The van der Waals surface area contributed by atoms with Gasteiger partial charge in [0.15, 0.2) is 0 Å². The summed E-state index contributed by atoms with van der Waals surface area (Å²) >= 11 is 1.52. The Morgan fingerprint density at radius 2 is 1.58 bits per heavy atom. The lowest BCUT2D eigenvalue weighted by Crippen LogP contribution is -2.14. The van der Waals surface area contributed by atoms with Crippen LogP contribution in [0.5, 0.6) is 11.6 Å². The van der Waals surface area contributed by atoms with E-state index in [-0.39, 0.29) is 0 Å². The molecule has 0 N–H and O–H groups in total. The largest absolute Gasteiger partial charge is 0.493 e. The molecule has 4 aromatic rings. The summed E-state index contributed by atoms with van der Waals surface area (Å²) in [5, 5.41) is 4.67. The van der Waals surface area contributed by atoms with Crippen molar-refractivity contribution in [2.75, 3.05) is 6.61 Å². The van der Waals surface area contributed by atoms with Crippen LogP contribution in [-0.2, 0) is 0 Å². The molecule has 0 fully saturated rings. The number of carbonyl (C=O) groups is 1. The molecule has 0 aliphatic heterocycles. The van der Waals surface area contributed by atoms with Crippen LogP contribution < -0.4 is 9.47 Å². The topological polar surface area (TPSA) is 53.4 Å². The zero-order chi connectivity index (χ0) is 21.6. The number of esters is 1. The van der Waals surface area contributed by atoms with Gasteiger partial charge in [-0.25, -0.2) is 4.79 Å². The Hall–Kier alpha value is -3.51. The minimum atomic E-state index is -0.490. The van der Waals surface area contributed by atoms with E-state index >= 15 is 0 Å². The maximum absolute atomic E-state index is 13.2. The number of aromatic nitrogens is 2. The van der Waals surface area contributed by atoms with Crippen molar-refractivity contribution in [3.8, 4) is 17.3 Å². The Balaban J connectivity index is 1.76. The van der Waals surface area contributed by atoms with Crippen molar-refractivity contribution in [3.63, 3.8) is 0 Å². The van der Waals surface area contributed by atoms with E-state index < -0.39 is 5.97 Å². The van der Waals surface area contributed by atoms with E-state index in [0.717, 1.165) is 21.2 Å². The van der Waals surface area contributed by atoms with Crippen molar-refractivity contribution in [2.45, 2.75) is 23.6 Å². The molecule has 1 aromatic heterocycles. The highest BCUT2D eigenvalue weighted by Crippen LogP contribution is 2.39. The second-order valence-corrected chi connectivity index (χ2v) is 7.78. The summed E-state index contributed by atoms with van der Waals surface area (Å²) in [6.07, 6.45) is 0. The highest BCUT2D eigenvalue weighted by Gasteiger charge is 2.24. The molecular weight excluding hydrogens is 408 g/mol. The Bertz CT molecular complexity index is 1170. The normalized spacial score (nSPS) is 10.6. The minimum absolute atomic E-state index is 0.374. The highest BCUT2D eigenvalue weighted by molar-refractivity contribution is 7.99. The number of nitrogens with zero attached hydrogens (tertiary/aromatic N) is 2. The number of para-hydroxylation sites is 2. The first-order valence-corrected chi connectivity index (χ1v) is 10.8. The fraction of sp³-hybridized carbons (Fsp3) is 0.120. The third kappa shape index (κ3) is 4.64. The van der Waals surface area contributed by atoms with Gasteiger partial charge in [0, 0.05) is 4.90 Å². The van der Waals surface area contributed by atoms with E-state index in [1.807, 2.05) is 80.6 Å². The maximum atomic E-state index is 13.2. The van der Waals surface area contributed by atoms with Crippen LogP contribution in [0.3, 0.4) is 0 Å². The zero-order valence-electron chi connectivity index (χ0n) is 17.3. The van der Waals surface area contributed by atoms with Crippen LogP contribution in [0.1, 0.15) is 23.0 Å². The lowest BCUT2D eigenvalue weighted by atomic mass is 10.2. The van der Waals surface area contributed by atoms with E-state index in [1.54, 1.807) is 22.9 Å². The summed E-state index contributed by atoms with van der Waals surface area (Å²) in [7, 11) is 0. The first-order valence-electron chi connectivity index (χ1n) is 9.99. The van der Waals surface area contributed by atoms with Gasteiger partial charge in [-0.3, -0.25) is 0 Å². The number of rotatable bonds is 7. The van der Waals surface area contributed by atoms with E-state index in [0.29, 0.717) is 23.8 Å². The average Bonchev–Trinajstić information content (AvgIpc) is 3.10. The number of aryl methyl sites for hydroxylation is 1. The Kier molecular flexibility index (Phi) is 6.38. The molecule has 0 amide bonds. The molecular formula is C25H22N2O3S. The van der Waals surface area contributed by atoms with Crippen molar-refractivity contribution < 1.29 is 14.3 Å².